The number of hydrogen-bond acceptors (Lipinski definition) is 11. The lowest BCUT2D eigenvalue weighted by Gasteiger charge is -2.40. The van der Waals surface area contributed by atoms with Crippen molar-refractivity contribution in [3.63, 3.8) is 0 Å². The zero-order valence-corrected chi connectivity index (χ0v) is 56.9. The largest absolute Gasteiger partial charge is 0.417 e. The molecule has 0 unspecified atom stereocenters. The van der Waals surface area contributed by atoms with Gasteiger partial charge in [-0.3, -0.25) is 52.7 Å². The van der Waals surface area contributed by atoms with Crippen LogP contribution >= 0.6 is 11.6 Å². The number of likely N-dealkylation sites (N-methyl/N-ethyl adjacent to an activating group) is 7. The van der Waals surface area contributed by atoms with Crippen LogP contribution in [0.15, 0.2) is 18.2 Å². The molecule has 3 aliphatic carbocycles. The Morgan fingerprint density at radius 1 is 0.620 bits per heavy atom. The van der Waals surface area contributed by atoms with Gasteiger partial charge in [0.25, 0.3) is 0 Å². The van der Waals surface area contributed by atoms with E-state index in [0.29, 0.717) is 37.7 Å². The second kappa shape index (κ2) is 32.5. The average molecular weight is 1320 g/mol. The lowest BCUT2D eigenvalue weighted by atomic mass is 9.84. The van der Waals surface area contributed by atoms with Crippen molar-refractivity contribution in [2.24, 2.45) is 23.7 Å². The molecule has 26 heteroatoms. The minimum absolute atomic E-state index is 0.0357. The van der Waals surface area contributed by atoms with Crippen LogP contribution in [0.3, 0.4) is 0 Å². The van der Waals surface area contributed by atoms with Gasteiger partial charge in [0.1, 0.15) is 41.8 Å². The molecule has 1 aromatic rings. The summed E-state index contributed by atoms with van der Waals surface area (Å²) >= 11 is 6.13. The van der Waals surface area contributed by atoms with Crippen molar-refractivity contribution in [3.8, 4) is 0 Å². The highest BCUT2D eigenvalue weighted by atomic mass is 35.5. The van der Waals surface area contributed by atoms with Crippen molar-refractivity contribution in [2.45, 2.75) is 217 Å². The van der Waals surface area contributed by atoms with Crippen LogP contribution in [0.2, 0.25) is 5.02 Å². The molecule has 8 atom stereocenters. The third-order valence-corrected chi connectivity index (χ3v) is 20.2. The summed E-state index contributed by atoms with van der Waals surface area (Å²) in [5.41, 5.74) is -2.22. The maximum absolute atomic E-state index is 15.2. The quantitative estimate of drug-likeness (QED) is 0.244. The molecule has 3 saturated carbocycles. The Bertz CT molecular complexity index is 2850. The summed E-state index contributed by atoms with van der Waals surface area (Å²) in [6.07, 6.45) is 4.24. The number of halogens is 4. The van der Waals surface area contributed by atoms with Crippen LogP contribution in [0.5, 0.6) is 0 Å². The van der Waals surface area contributed by atoms with Gasteiger partial charge in [0, 0.05) is 68.3 Å². The molecule has 2 heterocycles. The molecule has 5 fully saturated rings. The van der Waals surface area contributed by atoms with Gasteiger partial charge < -0.3 is 55.1 Å². The first-order chi connectivity index (χ1) is 43.2. The number of hydrogen-bond donors (Lipinski definition) is 3. The fourth-order valence-corrected chi connectivity index (χ4v) is 13.7. The SMILES string of the molecule is CC[C@H](C)[C@@H]1NC(=O)[C@H](CC(C)C)N(C)C(=O)C[C@@H](C)N(C)C(=O)[C@H](CC2CC2)N(C)C(=O)C2(CCCC2)NC(=O)[C@@H]2CCCN2C(=O)[C@H](CCc2ccc(C(F)(F)F)c(Cl)c2)NC(=O)CN(C)C(=O)[C@H](CC2CCCCC2)N(C)C(=O)CN(C)C(=O)CN(C)C1=O. The molecule has 2 aliphatic heterocycles. The Balaban J connectivity index is 1.37. The molecule has 3 N–H and O–H groups in total. The zero-order valence-electron chi connectivity index (χ0n) is 56.1. The van der Waals surface area contributed by atoms with Crippen molar-refractivity contribution < 1.29 is 65.9 Å². The number of benzene rings is 1. The lowest BCUT2D eigenvalue weighted by Crippen LogP contribution is -2.64. The minimum atomic E-state index is -4.74. The normalized spacial score (nSPS) is 26.9. The number of carbonyl (C=O) groups is 11. The number of rotatable bonds is 11. The Kier molecular flexibility index (Phi) is 26.4. The number of carbonyl (C=O) groups excluding carboxylic acids is 11. The molecular formula is C66H101ClF3N11O11. The summed E-state index contributed by atoms with van der Waals surface area (Å²) in [7, 11) is 10.2. The molecule has 22 nitrogen and oxygen atoms in total. The van der Waals surface area contributed by atoms with Crippen molar-refractivity contribution in [3.05, 3.63) is 34.3 Å². The monoisotopic (exact) mass is 1320 g/mol. The van der Waals surface area contributed by atoms with E-state index in [4.69, 9.17) is 11.6 Å². The summed E-state index contributed by atoms with van der Waals surface area (Å²) in [5.74, 6) is -6.88. The predicted molar refractivity (Wildman–Crippen MR) is 340 cm³/mol. The van der Waals surface area contributed by atoms with E-state index in [1.165, 1.54) is 77.8 Å². The summed E-state index contributed by atoms with van der Waals surface area (Å²) in [4.78, 5) is 171. The topological polar surface area (TPSA) is 250 Å². The van der Waals surface area contributed by atoms with E-state index in [1.54, 1.807) is 20.9 Å². The molecular weight excluding hydrogens is 1220 g/mol. The highest BCUT2D eigenvalue weighted by Crippen LogP contribution is 2.39. The van der Waals surface area contributed by atoms with Gasteiger partial charge in [-0.25, -0.2) is 0 Å². The van der Waals surface area contributed by atoms with Gasteiger partial charge in [-0.15, -0.1) is 0 Å². The number of fused-ring (bicyclic) bond motifs is 1. The van der Waals surface area contributed by atoms with Crippen LogP contribution in [0.25, 0.3) is 0 Å². The van der Waals surface area contributed by atoms with Crippen molar-refractivity contribution in [1.29, 1.82) is 0 Å². The maximum Gasteiger partial charge on any atom is 0.417 e. The van der Waals surface area contributed by atoms with E-state index >= 15 is 9.59 Å². The highest BCUT2D eigenvalue weighted by Gasteiger charge is 2.50. The van der Waals surface area contributed by atoms with Crippen molar-refractivity contribution >= 4 is 76.6 Å². The second-order valence-electron chi connectivity index (χ2n) is 27.5. The number of nitrogens with zero attached hydrogens (tertiary/aromatic N) is 8. The van der Waals surface area contributed by atoms with Gasteiger partial charge in [0.05, 0.1) is 30.2 Å². The Labute approximate surface area is 546 Å². The van der Waals surface area contributed by atoms with Crippen LogP contribution in [-0.2, 0) is 65.3 Å². The highest BCUT2D eigenvalue weighted by molar-refractivity contribution is 6.31. The third kappa shape index (κ3) is 19.1. The maximum atomic E-state index is 15.2. The minimum Gasteiger partial charge on any atom is -0.343 e. The molecule has 92 heavy (non-hydrogen) atoms. The van der Waals surface area contributed by atoms with Crippen LogP contribution in [-0.4, -0.2) is 228 Å². The van der Waals surface area contributed by atoms with Crippen LogP contribution in [0.1, 0.15) is 168 Å². The van der Waals surface area contributed by atoms with Gasteiger partial charge in [-0.1, -0.05) is 110 Å². The molecule has 2 saturated heterocycles. The van der Waals surface area contributed by atoms with E-state index in [-0.39, 0.29) is 75.7 Å². The van der Waals surface area contributed by atoms with E-state index in [0.717, 1.165) is 66.9 Å². The first kappa shape index (κ1) is 74.5. The molecule has 1 aromatic carbocycles. The van der Waals surface area contributed by atoms with E-state index < -0.39 is 155 Å². The molecule has 5 aliphatic rings. The fraction of sp³-hybridized carbons (Fsp3) is 0.742. The Hall–Kier alpha value is -6.53. The van der Waals surface area contributed by atoms with E-state index in [2.05, 4.69) is 16.0 Å². The molecule has 6 rings (SSSR count). The van der Waals surface area contributed by atoms with Crippen molar-refractivity contribution in [2.75, 3.05) is 75.5 Å². The standard InChI is InChI=1S/C66H101ClF3N11O11/c1-13-41(4)57-63(91)76(8)38-55(84)74(6)39-56(85)79(11)51(35-43-20-15-14-16-21-43)61(89)75(7)37-53(82)71-48(28-26-44-25-27-46(47(67)34-44)66(68,69)70)60(88)81-31-19-22-49(81)59(87)73-65(29-17-18-30-65)64(92)80(12)52(36-45-23-24-45)62(90)77(9)42(5)33-54(83)78(10)50(32-40(2)3)58(86)72-57/h25,27,34,40-43,45,48-52,57H,13-24,26,28-33,35-39H2,1-12H3,(H,71,82)(H,72,86)(H,73,87)/t41-,42+,48-,49-,50-,51-,52-,57-/m0/s1. The van der Waals surface area contributed by atoms with Crippen molar-refractivity contribution in [1.82, 2.24) is 55.1 Å². The summed E-state index contributed by atoms with van der Waals surface area (Å²) in [6.45, 7) is 7.59. The van der Waals surface area contributed by atoms with Gasteiger partial charge in [-0.2, -0.15) is 13.2 Å². The third-order valence-electron chi connectivity index (χ3n) is 19.9. The van der Waals surface area contributed by atoms with Gasteiger partial charge in [0.15, 0.2) is 0 Å². The molecule has 11 amide bonds. The fourth-order valence-electron chi connectivity index (χ4n) is 13.4. The first-order valence-electron chi connectivity index (χ1n) is 33.1. The Morgan fingerprint density at radius 2 is 1.21 bits per heavy atom. The number of aryl methyl sites for hydroxylation is 1. The smallest absolute Gasteiger partial charge is 0.343 e. The van der Waals surface area contributed by atoms with Crippen LogP contribution in [0, 0.1) is 23.7 Å². The lowest BCUT2D eigenvalue weighted by molar-refractivity contribution is -0.151. The number of alkyl halides is 3. The average Bonchev–Trinajstić information content (AvgIpc) is 1.52. The molecule has 0 bridgehead atoms. The second-order valence-corrected chi connectivity index (χ2v) is 27.9. The van der Waals surface area contributed by atoms with E-state index in [9.17, 15) is 56.3 Å². The Morgan fingerprint density at radius 3 is 1.79 bits per heavy atom. The van der Waals surface area contributed by atoms with Gasteiger partial charge in [0.2, 0.25) is 65.0 Å². The summed E-state index contributed by atoms with van der Waals surface area (Å²) in [6, 6.07) is -4.36. The first-order valence-corrected chi connectivity index (χ1v) is 33.4. The number of amides is 11. The predicted octanol–water partition coefficient (Wildman–Crippen LogP) is 5.65. The molecule has 0 radical (unpaired) electrons. The zero-order chi connectivity index (χ0) is 68.3. The molecule has 0 aromatic heterocycles. The summed E-state index contributed by atoms with van der Waals surface area (Å²) < 4.78 is 41.4. The summed E-state index contributed by atoms with van der Waals surface area (Å²) in [5, 5.41) is 8.15. The molecule has 514 valence electrons. The number of nitrogens with one attached hydrogen (secondary N) is 3. The van der Waals surface area contributed by atoms with Gasteiger partial charge >= 0.3 is 6.18 Å². The van der Waals surface area contributed by atoms with E-state index in [1.807, 2.05) is 20.8 Å². The molecule has 1 spiro atoms. The van der Waals surface area contributed by atoms with Gasteiger partial charge in [-0.05, 0) is 106 Å². The van der Waals surface area contributed by atoms with Crippen LogP contribution in [0.4, 0.5) is 13.2 Å². The van der Waals surface area contributed by atoms with Crippen LogP contribution < -0.4 is 16.0 Å².